The van der Waals surface area contributed by atoms with Gasteiger partial charge >= 0.3 is 0 Å². The van der Waals surface area contributed by atoms with E-state index >= 15 is 0 Å². The molecule has 3 rings (SSSR count). The number of ether oxygens (including phenoxy) is 1. The molecule has 4 heteroatoms. The monoisotopic (exact) mass is 359 g/mol. The van der Waals surface area contributed by atoms with Gasteiger partial charge in [0.2, 0.25) is 0 Å². The fourth-order valence-electron chi connectivity index (χ4n) is 2.98. The molecule has 2 aromatic carbocycles. The molecule has 1 amide bonds. The Hall–Kier alpha value is -1.81. The van der Waals surface area contributed by atoms with Crippen molar-refractivity contribution in [2.45, 2.75) is 18.9 Å². The average Bonchev–Trinajstić information content (AvgIpc) is 3.05. The summed E-state index contributed by atoms with van der Waals surface area (Å²) < 4.78 is 6.05. The third kappa shape index (κ3) is 2.88. The molecule has 22 heavy (non-hydrogen) atoms. The lowest BCUT2D eigenvalue weighted by Gasteiger charge is -2.25. The smallest absolute Gasteiger partial charge is 0.255 e. The molecule has 1 fully saturated rings. The van der Waals surface area contributed by atoms with Crippen LogP contribution in [0, 0.1) is 0 Å². The number of carbonyl (C=O) groups excluding carboxylic acids is 1. The Bertz CT molecular complexity index is 672. The van der Waals surface area contributed by atoms with Gasteiger partial charge in [-0.1, -0.05) is 30.3 Å². The summed E-state index contributed by atoms with van der Waals surface area (Å²) in [4.78, 5) is 14.9. The predicted octanol–water partition coefficient (Wildman–Crippen LogP) is 4.44. The lowest BCUT2D eigenvalue weighted by atomic mass is 10.0. The van der Waals surface area contributed by atoms with Gasteiger partial charge in [0.1, 0.15) is 5.75 Å². The molecule has 114 valence electrons. The third-order valence-electron chi connectivity index (χ3n) is 4.10. The minimum Gasteiger partial charge on any atom is -0.497 e. The van der Waals surface area contributed by atoms with Crippen molar-refractivity contribution in [2.75, 3.05) is 13.7 Å². The summed E-state index contributed by atoms with van der Waals surface area (Å²) in [6.45, 7) is 0.794. The van der Waals surface area contributed by atoms with E-state index in [1.54, 1.807) is 13.2 Å². The largest absolute Gasteiger partial charge is 0.497 e. The molecule has 3 nitrogen and oxygen atoms in total. The number of hydrogen-bond donors (Lipinski definition) is 0. The van der Waals surface area contributed by atoms with E-state index in [4.69, 9.17) is 4.74 Å². The number of halogens is 1. The fraction of sp³-hybridized carbons (Fsp3) is 0.278. The quantitative estimate of drug-likeness (QED) is 0.810. The van der Waals surface area contributed by atoms with Crippen molar-refractivity contribution < 1.29 is 9.53 Å². The van der Waals surface area contributed by atoms with E-state index in [1.807, 2.05) is 35.2 Å². The molecule has 2 aromatic rings. The van der Waals surface area contributed by atoms with Crippen LogP contribution in [0.15, 0.2) is 53.0 Å². The van der Waals surface area contributed by atoms with Gasteiger partial charge in [-0.2, -0.15) is 0 Å². The Morgan fingerprint density at radius 1 is 1.23 bits per heavy atom. The lowest BCUT2D eigenvalue weighted by molar-refractivity contribution is 0.0734. The molecule has 1 unspecified atom stereocenters. The first kappa shape index (κ1) is 15.1. The Morgan fingerprint density at radius 3 is 2.73 bits per heavy atom. The van der Waals surface area contributed by atoms with E-state index in [-0.39, 0.29) is 11.9 Å². The van der Waals surface area contributed by atoms with E-state index in [9.17, 15) is 4.79 Å². The van der Waals surface area contributed by atoms with E-state index in [2.05, 4.69) is 28.1 Å². The van der Waals surface area contributed by atoms with E-state index in [0.717, 1.165) is 23.9 Å². The zero-order valence-corrected chi connectivity index (χ0v) is 14.0. The number of hydrogen-bond acceptors (Lipinski definition) is 2. The molecular weight excluding hydrogens is 342 g/mol. The van der Waals surface area contributed by atoms with Gasteiger partial charge < -0.3 is 9.64 Å². The molecule has 1 atom stereocenters. The molecule has 0 saturated carbocycles. The highest BCUT2D eigenvalue weighted by molar-refractivity contribution is 9.10. The molecule has 1 saturated heterocycles. The molecule has 0 aliphatic carbocycles. The Morgan fingerprint density at radius 2 is 2.00 bits per heavy atom. The zero-order chi connectivity index (χ0) is 15.5. The number of benzene rings is 2. The topological polar surface area (TPSA) is 29.5 Å². The van der Waals surface area contributed by atoms with Gasteiger partial charge in [-0.25, -0.2) is 0 Å². The maximum Gasteiger partial charge on any atom is 0.255 e. The molecule has 0 radical (unpaired) electrons. The first-order valence-electron chi connectivity index (χ1n) is 7.40. The van der Waals surface area contributed by atoms with Gasteiger partial charge in [0.25, 0.3) is 5.91 Å². The molecule has 0 N–H and O–H groups in total. The third-order valence-corrected chi connectivity index (χ3v) is 4.79. The van der Waals surface area contributed by atoms with Crippen LogP contribution in [0.2, 0.25) is 0 Å². The molecule has 0 bridgehead atoms. The molecular formula is C18H18BrNO2. The molecule has 1 aliphatic rings. The summed E-state index contributed by atoms with van der Waals surface area (Å²) in [5, 5.41) is 0. The number of likely N-dealkylation sites (tertiary alicyclic amines) is 1. The van der Waals surface area contributed by atoms with Gasteiger partial charge in [-0.15, -0.1) is 0 Å². The van der Waals surface area contributed by atoms with Crippen LogP contribution >= 0.6 is 15.9 Å². The second-order valence-electron chi connectivity index (χ2n) is 5.41. The van der Waals surface area contributed by atoms with Crippen LogP contribution in [0.25, 0.3) is 0 Å². The van der Waals surface area contributed by atoms with Crippen molar-refractivity contribution in [3.05, 3.63) is 64.1 Å². The lowest BCUT2D eigenvalue weighted by Crippen LogP contribution is -2.30. The molecule has 1 aliphatic heterocycles. The number of carbonyl (C=O) groups is 1. The van der Waals surface area contributed by atoms with Crippen LogP contribution in [0.3, 0.4) is 0 Å². The average molecular weight is 360 g/mol. The zero-order valence-electron chi connectivity index (χ0n) is 12.5. The van der Waals surface area contributed by atoms with Crippen LogP contribution < -0.4 is 4.74 Å². The molecule has 0 aromatic heterocycles. The van der Waals surface area contributed by atoms with Gasteiger partial charge in [0, 0.05) is 11.0 Å². The van der Waals surface area contributed by atoms with Gasteiger partial charge in [-0.05, 0) is 52.5 Å². The number of nitrogens with zero attached hydrogens (tertiary/aromatic N) is 1. The summed E-state index contributed by atoms with van der Waals surface area (Å²) in [7, 11) is 1.61. The summed E-state index contributed by atoms with van der Waals surface area (Å²) in [5.74, 6) is 0.749. The maximum absolute atomic E-state index is 13.0. The second-order valence-corrected chi connectivity index (χ2v) is 6.27. The van der Waals surface area contributed by atoms with E-state index in [0.29, 0.717) is 11.3 Å². The van der Waals surface area contributed by atoms with Crippen LogP contribution in [-0.2, 0) is 0 Å². The van der Waals surface area contributed by atoms with Gasteiger partial charge in [0.15, 0.2) is 0 Å². The van der Waals surface area contributed by atoms with E-state index < -0.39 is 0 Å². The first-order chi connectivity index (χ1) is 10.7. The van der Waals surface area contributed by atoms with Gasteiger partial charge in [-0.3, -0.25) is 4.79 Å². The van der Waals surface area contributed by atoms with Crippen LogP contribution in [0.1, 0.15) is 34.8 Å². The van der Waals surface area contributed by atoms with Crippen molar-refractivity contribution >= 4 is 21.8 Å². The summed E-state index contributed by atoms with van der Waals surface area (Å²) in [5.41, 5.74) is 1.86. The predicted molar refractivity (Wildman–Crippen MR) is 90.1 cm³/mol. The Labute approximate surface area is 139 Å². The van der Waals surface area contributed by atoms with Crippen LogP contribution in [0.4, 0.5) is 0 Å². The van der Waals surface area contributed by atoms with Crippen LogP contribution in [-0.4, -0.2) is 24.5 Å². The fourth-order valence-corrected chi connectivity index (χ4v) is 3.40. The Kier molecular flexibility index (Phi) is 4.48. The van der Waals surface area contributed by atoms with Crippen molar-refractivity contribution in [1.82, 2.24) is 4.90 Å². The number of amides is 1. The Balaban J connectivity index is 1.91. The SMILES string of the molecule is COc1ccc(Br)c(C(=O)N2CCCC2c2ccccc2)c1. The highest BCUT2D eigenvalue weighted by Gasteiger charge is 2.31. The van der Waals surface area contributed by atoms with Crippen molar-refractivity contribution in [3.8, 4) is 5.75 Å². The molecule has 0 spiro atoms. The number of rotatable bonds is 3. The standard InChI is InChI=1S/C18H18BrNO2/c1-22-14-9-10-16(19)15(12-14)18(21)20-11-5-8-17(20)13-6-3-2-4-7-13/h2-4,6-7,9-10,12,17H,5,8,11H2,1H3. The minimum absolute atomic E-state index is 0.0529. The first-order valence-corrected chi connectivity index (χ1v) is 8.19. The van der Waals surface area contributed by atoms with Crippen molar-refractivity contribution in [2.24, 2.45) is 0 Å². The summed E-state index contributed by atoms with van der Waals surface area (Å²) in [6.07, 6.45) is 2.05. The minimum atomic E-state index is 0.0529. The highest BCUT2D eigenvalue weighted by atomic mass is 79.9. The van der Waals surface area contributed by atoms with E-state index in [1.165, 1.54) is 5.56 Å². The van der Waals surface area contributed by atoms with Crippen LogP contribution in [0.5, 0.6) is 5.75 Å². The second kappa shape index (κ2) is 6.53. The highest BCUT2D eigenvalue weighted by Crippen LogP contribution is 2.34. The van der Waals surface area contributed by atoms with Crippen molar-refractivity contribution in [1.29, 1.82) is 0 Å². The summed E-state index contributed by atoms with van der Waals surface area (Å²) >= 11 is 3.48. The normalized spacial score (nSPS) is 17.5. The van der Waals surface area contributed by atoms with Gasteiger partial charge in [0.05, 0.1) is 18.7 Å². The van der Waals surface area contributed by atoms with Crippen molar-refractivity contribution in [3.63, 3.8) is 0 Å². The number of methoxy groups -OCH3 is 1. The maximum atomic E-state index is 13.0. The molecule has 1 heterocycles. The summed E-state index contributed by atoms with van der Waals surface area (Å²) in [6, 6.07) is 15.9.